The molecule has 2 aliphatic heterocycles. The Hall–Kier alpha value is -3.05. The lowest BCUT2D eigenvalue weighted by Crippen LogP contribution is -2.52. The molecule has 0 radical (unpaired) electrons. The quantitative estimate of drug-likeness (QED) is 0.614. The second kappa shape index (κ2) is 7.33. The highest BCUT2D eigenvalue weighted by molar-refractivity contribution is 5.71. The Kier molecular flexibility index (Phi) is 4.94. The molecule has 5 nitrogen and oxygen atoms in total. The van der Waals surface area contributed by atoms with Crippen LogP contribution in [0, 0.1) is 34.0 Å². The lowest BCUT2D eigenvalue weighted by atomic mass is 9.67. The molecule has 154 valence electrons. The summed E-state index contributed by atoms with van der Waals surface area (Å²) < 4.78 is 5.72. The Morgan fingerprint density at radius 3 is 2.50 bits per heavy atom. The number of rotatable bonds is 1. The molecular weight excluding hydrogens is 374 g/mol. The topological polar surface area (TPSA) is 77.1 Å². The predicted octanol–water partition coefficient (Wildman–Crippen LogP) is 5.09. The monoisotopic (exact) mass is 401 g/mol. The maximum Gasteiger partial charge on any atom is 0.411 e. The molecule has 1 aromatic rings. The first-order valence-electron chi connectivity index (χ1n) is 10.6. The van der Waals surface area contributed by atoms with Crippen LogP contribution in [-0.4, -0.2) is 28.7 Å². The molecule has 1 fully saturated rings. The average molecular weight is 402 g/mol. The van der Waals surface area contributed by atoms with Crippen molar-refractivity contribution >= 4 is 6.09 Å². The third-order valence-corrected chi connectivity index (χ3v) is 6.44. The van der Waals surface area contributed by atoms with Gasteiger partial charge in [0.1, 0.15) is 5.60 Å². The number of carbonyl (C=O) groups excluding carboxylic acids is 1. The summed E-state index contributed by atoms with van der Waals surface area (Å²) in [5.41, 5.74) is 0.238. The lowest BCUT2D eigenvalue weighted by Gasteiger charge is -2.44. The number of benzene rings is 1. The van der Waals surface area contributed by atoms with Crippen LogP contribution in [0.15, 0.2) is 54.1 Å². The molecular formula is C25H27N3O2. The molecule has 1 aromatic carbocycles. The van der Waals surface area contributed by atoms with Crippen molar-refractivity contribution in [2.24, 2.45) is 11.3 Å². The molecule has 4 atom stereocenters. The van der Waals surface area contributed by atoms with Gasteiger partial charge in [0.2, 0.25) is 0 Å². The van der Waals surface area contributed by atoms with E-state index in [9.17, 15) is 15.3 Å². The molecule has 0 N–H and O–H groups in total. The number of carbonyl (C=O) groups is 1. The van der Waals surface area contributed by atoms with Crippen LogP contribution in [-0.2, 0) is 4.74 Å². The third-order valence-electron chi connectivity index (χ3n) is 6.44. The number of nitrogens with zero attached hydrogens (tertiary/aromatic N) is 3. The Balaban J connectivity index is 1.83. The van der Waals surface area contributed by atoms with Gasteiger partial charge in [0.25, 0.3) is 0 Å². The Morgan fingerprint density at radius 2 is 1.87 bits per heavy atom. The van der Waals surface area contributed by atoms with E-state index < -0.39 is 11.0 Å². The van der Waals surface area contributed by atoms with Gasteiger partial charge >= 0.3 is 6.09 Å². The van der Waals surface area contributed by atoms with Crippen LogP contribution >= 0.6 is 0 Å². The Morgan fingerprint density at radius 1 is 1.17 bits per heavy atom. The van der Waals surface area contributed by atoms with Crippen LogP contribution in [0.2, 0.25) is 0 Å². The summed E-state index contributed by atoms with van der Waals surface area (Å²) >= 11 is 0. The molecule has 1 saturated heterocycles. The lowest BCUT2D eigenvalue weighted by molar-refractivity contribution is 0.0106. The zero-order chi connectivity index (χ0) is 21.5. The molecule has 0 aromatic heterocycles. The van der Waals surface area contributed by atoms with Crippen molar-refractivity contribution in [2.75, 3.05) is 0 Å². The van der Waals surface area contributed by atoms with E-state index in [4.69, 9.17) is 4.74 Å². The molecule has 4 unspecified atom stereocenters. The van der Waals surface area contributed by atoms with Crippen LogP contribution in [0.3, 0.4) is 0 Å². The van der Waals surface area contributed by atoms with Crippen molar-refractivity contribution in [1.29, 1.82) is 10.5 Å². The minimum atomic E-state index is -1.19. The largest absolute Gasteiger partial charge is 0.444 e. The molecule has 0 spiro atoms. The van der Waals surface area contributed by atoms with Crippen molar-refractivity contribution in [1.82, 2.24) is 4.90 Å². The smallest absolute Gasteiger partial charge is 0.411 e. The predicted molar refractivity (Wildman–Crippen MR) is 113 cm³/mol. The highest BCUT2D eigenvalue weighted by Crippen LogP contribution is 2.53. The zero-order valence-electron chi connectivity index (χ0n) is 17.7. The first kappa shape index (κ1) is 20.2. The minimum Gasteiger partial charge on any atom is -0.444 e. The van der Waals surface area contributed by atoms with Crippen molar-refractivity contribution in [3.05, 3.63) is 59.7 Å². The van der Waals surface area contributed by atoms with E-state index >= 15 is 0 Å². The van der Waals surface area contributed by atoms with Crippen molar-refractivity contribution in [3.8, 4) is 12.1 Å². The summed E-state index contributed by atoms with van der Waals surface area (Å²) in [5.74, 6) is -0.133. The molecule has 2 bridgehead atoms. The van der Waals surface area contributed by atoms with Crippen LogP contribution in [0.4, 0.5) is 4.79 Å². The number of allylic oxidation sites excluding steroid dienone is 2. The van der Waals surface area contributed by atoms with Gasteiger partial charge in [-0.1, -0.05) is 48.6 Å². The van der Waals surface area contributed by atoms with E-state index in [0.717, 1.165) is 24.0 Å². The van der Waals surface area contributed by atoms with Gasteiger partial charge in [-0.2, -0.15) is 10.5 Å². The summed E-state index contributed by atoms with van der Waals surface area (Å²) in [4.78, 5) is 15.0. The SMILES string of the molecule is CC(C)(C)OC(=O)N1C2C=C3C(C(c4ccccc4)C=CCC3(C#N)C#N)C1CC2. The van der Waals surface area contributed by atoms with Crippen molar-refractivity contribution < 1.29 is 9.53 Å². The third kappa shape index (κ3) is 3.29. The van der Waals surface area contributed by atoms with E-state index in [1.54, 1.807) is 0 Å². The van der Waals surface area contributed by atoms with Crippen LogP contribution in [0.1, 0.15) is 51.5 Å². The van der Waals surface area contributed by atoms with Crippen LogP contribution in [0.25, 0.3) is 0 Å². The normalized spacial score (nSPS) is 29.1. The molecule has 1 aliphatic carbocycles. The van der Waals surface area contributed by atoms with Gasteiger partial charge in [-0.05, 0) is 44.7 Å². The molecule has 30 heavy (non-hydrogen) atoms. The molecule has 2 heterocycles. The van der Waals surface area contributed by atoms with Gasteiger partial charge in [-0.3, -0.25) is 4.90 Å². The van der Waals surface area contributed by atoms with E-state index in [1.165, 1.54) is 0 Å². The van der Waals surface area contributed by atoms with Crippen molar-refractivity contribution in [3.63, 3.8) is 0 Å². The Bertz CT molecular complexity index is 960. The number of nitriles is 2. The highest BCUT2D eigenvalue weighted by Gasteiger charge is 2.54. The standard InChI is InChI=1S/C25H27N3O2/c1-24(2,3)30-23(29)28-18-11-12-21(28)22-19(17-8-5-4-6-9-17)10-7-13-25(15-26,16-27)20(22)14-18/h4-10,14,18-19,21-22H,11-13H2,1-3H3. The van der Waals surface area contributed by atoms with E-state index in [1.807, 2.05) is 56.0 Å². The summed E-state index contributed by atoms with van der Waals surface area (Å²) in [6, 6.07) is 14.6. The molecule has 3 aliphatic rings. The highest BCUT2D eigenvalue weighted by atomic mass is 16.6. The second-order valence-electron chi connectivity index (χ2n) is 9.45. The number of amides is 1. The molecule has 1 amide bonds. The maximum absolute atomic E-state index is 13.1. The fourth-order valence-corrected chi connectivity index (χ4v) is 5.22. The fourth-order valence-electron chi connectivity index (χ4n) is 5.22. The molecule has 5 heteroatoms. The number of fused-ring (bicyclic) bond motifs is 4. The molecule has 0 saturated carbocycles. The number of ether oxygens (including phenoxy) is 1. The number of hydrogen-bond donors (Lipinski definition) is 0. The molecule has 4 rings (SSSR count). The summed E-state index contributed by atoms with van der Waals surface area (Å²) in [6.45, 7) is 5.61. The second-order valence-corrected chi connectivity index (χ2v) is 9.45. The average Bonchev–Trinajstić information content (AvgIpc) is 2.93. The number of hydrogen-bond acceptors (Lipinski definition) is 4. The summed E-state index contributed by atoms with van der Waals surface area (Å²) in [7, 11) is 0. The maximum atomic E-state index is 13.1. The van der Waals surface area contributed by atoms with Crippen LogP contribution in [0.5, 0.6) is 0 Å². The van der Waals surface area contributed by atoms with Gasteiger partial charge < -0.3 is 4.74 Å². The van der Waals surface area contributed by atoms with Crippen molar-refractivity contribution in [2.45, 2.75) is 63.6 Å². The van der Waals surface area contributed by atoms with E-state index in [2.05, 4.69) is 30.3 Å². The minimum absolute atomic E-state index is 0.00462. The van der Waals surface area contributed by atoms with Crippen LogP contribution < -0.4 is 0 Å². The first-order valence-corrected chi connectivity index (χ1v) is 10.6. The summed E-state index contributed by atoms with van der Waals surface area (Å²) in [5, 5.41) is 20.1. The van der Waals surface area contributed by atoms with Gasteiger partial charge in [-0.15, -0.1) is 0 Å². The summed E-state index contributed by atoms with van der Waals surface area (Å²) in [6.07, 6.45) is 7.82. The first-order chi connectivity index (χ1) is 14.3. The van der Waals surface area contributed by atoms with E-state index in [-0.39, 0.29) is 30.0 Å². The Labute approximate surface area is 178 Å². The van der Waals surface area contributed by atoms with Gasteiger partial charge in [0.05, 0.1) is 18.2 Å². The van der Waals surface area contributed by atoms with Gasteiger partial charge in [0.15, 0.2) is 5.41 Å². The fraction of sp³-hybridized carbons (Fsp3) is 0.480. The van der Waals surface area contributed by atoms with E-state index in [0.29, 0.717) is 6.42 Å². The van der Waals surface area contributed by atoms with Gasteiger partial charge in [-0.25, -0.2) is 4.79 Å². The van der Waals surface area contributed by atoms with Gasteiger partial charge in [0, 0.05) is 24.3 Å². The zero-order valence-corrected chi connectivity index (χ0v) is 17.7.